The first-order chi connectivity index (χ1) is 8.56. The van der Waals surface area contributed by atoms with Crippen LogP contribution in [0.5, 0.6) is 0 Å². The summed E-state index contributed by atoms with van der Waals surface area (Å²) in [7, 11) is 0. The molecule has 0 aliphatic carbocycles. The minimum atomic E-state index is 0.0122. The monoisotopic (exact) mass is 352 g/mol. The first kappa shape index (κ1) is 13.5. The lowest BCUT2D eigenvalue weighted by atomic mass is 9.98. The lowest BCUT2D eigenvalue weighted by molar-refractivity contribution is 0.709. The largest absolute Gasteiger partial charge is 0.324 e. The van der Waals surface area contributed by atoms with Gasteiger partial charge in [-0.1, -0.05) is 18.2 Å². The number of aromatic nitrogens is 1. The number of nitrogens with two attached hydrogens (primary N) is 1. The van der Waals surface area contributed by atoms with Gasteiger partial charge in [-0.25, -0.2) is 0 Å². The molecule has 1 aromatic heterocycles. The van der Waals surface area contributed by atoms with Gasteiger partial charge in [0.15, 0.2) is 0 Å². The van der Waals surface area contributed by atoms with Gasteiger partial charge in [0.05, 0.1) is 0 Å². The molecule has 0 aliphatic heterocycles. The van der Waals surface area contributed by atoms with Crippen molar-refractivity contribution in [2.75, 3.05) is 0 Å². The van der Waals surface area contributed by atoms with E-state index in [0.29, 0.717) is 0 Å². The first-order valence-corrected chi connectivity index (χ1v) is 7.08. The molecule has 0 spiro atoms. The third-order valence-electron chi connectivity index (χ3n) is 3.03. The Labute approximate surface area is 122 Å². The number of hydrogen-bond acceptors (Lipinski definition) is 2. The molecule has 2 nitrogen and oxygen atoms in total. The third kappa shape index (κ3) is 3.29. The van der Waals surface area contributed by atoms with Crippen molar-refractivity contribution in [2.45, 2.75) is 26.3 Å². The molecule has 0 aliphatic rings. The molecule has 2 N–H and O–H groups in total. The number of benzene rings is 1. The van der Waals surface area contributed by atoms with E-state index in [9.17, 15) is 0 Å². The van der Waals surface area contributed by atoms with Gasteiger partial charge in [-0.05, 0) is 72.2 Å². The van der Waals surface area contributed by atoms with E-state index in [-0.39, 0.29) is 6.04 Å². The van der Waals surface area contributed by atoms with Crippen molar-refractivity contribution in [2.24, 2.45) is 5.73 Å². The molecule has 2 rings (SSSR count). The lowest BCUT2D eigenvalue weighted by Crippen LogP contribution is -2.15. The van der Waals surface area contributed by atoms with Crippen molar-refractivity contribution in [1.82, 2.24) is 4.98 Å². The summed E-state index contributed by atoms with van der Waals surface area (Å²) in [5, 5.41) is 0. The van der Waals surface area contributed by atoms with Crippen LogP contribution >= 0.6 is 22.6 Å². The summed E-state index contributed by atoms with van der Waals surface area (Å²) >= 11 is 2.31. The van der Waals surface area contributed by atoms with Crippen molar-refractivity contribution in [1.29, 1.82) is 0 Å². The zero-order valence-corrected chi connectivity index (χ0v) is 12.8. The van der Waals surface area contributed by atoms with Gasteiger partial charge < -0.3 is 5.73 Å². The van der Waals surface area contributed by atoms with Gasteiger partial charge in [0.1, 0.15) is 0 Å². The molecule has 1 atom stereocenters. The van der Waals surface area contributed by atoms with E-state index in [0.717, 1.165) is 23.4 Å². The summed E-state index contributed by atoms with van der Waals surface area (Å²) in [5.41, 5.74) is 10.8. The highest BCUT2D eigenvalue weighted by molar-refractivity contribution is 14.1. The summed E-state index contributed by atoms with van der Waals surface area (Å²) in [6.07, 6.45) is 0.850. The zero-order chi connectivity index (χ0) is 13.1. The fourth-order valence-electron chi connectivity index (χ4n) is 2.07. The smallest absolute Gasteiger partial charge is 0.0423 e. The number of halogens is 1. The van der Waals surface area contributed by atoms with Crippen LogP contribution in [0.4, 0.5) is 0 Å². The maximum absolute atomic E-state index is 6.27. The fraction of sp³-hybridized carbons (Fsp3) is 0.267. The van der Waals surface area contributed by atoms with Crippen LogP contribution in [0.25, 0.3) is 0 Å². The average molecular weight is 352 g/mol. The standard InChI is InChI=1S/C15H17IN2/c1-10-3-8-14(11(2)18-10)15(17)9-12-4-6-13(16)7-5-12/h3-8,15H,9,17H2,1-2H3. The number of nitrogens with zero attached hydrogens (tertiary/aromatic N) is 1. The van der Waals surface area contributed by atoms with Crippen LogP contribution in [0.15, 0.2) is 36.4 Å². The summed E-state index contributed by atoms with van der Waals surface area (Å²) in [5.74, 6) is 0. The van der Waals surface area contributed by atoms with Crippen molar-refractivity contribution in [3.63, 3.8) is 0 Å². The number of rotatable bonds is 3. The molecule has 0 radical (unpaired) electrons. The van der Waals surface area contributed by atoms with E-state index in [4.69, 9.17) is 5.73 Å². The normalized spacial score (nSPS) is 12.4. The second-order valence-electron chi connectivity index (χ2n) is 4.56. The lowest BCUT2D eigenvalue weighted by Gasteiger charge is -2.14. The van der Waals surface area contributed by atoms with Crippen LogP contribution in [0, 0.1) is 17.4 Å². The Kier molecular flexibility index (Phi) is 4.35. The zero-order valence-electron chi connectivity index (χ0n) is 10.7. The Morgan fingerprint density at radius 2 is 1.78 bits per heavy atom. The highest BCUT2D eigenvalue weighted by Crippen LogP contribution is 2.19. The van der Waals surface area contributed by atoms with Crippen LogP contribution < -0.4 is 5.73 Å². The van der Waals surface area contributed by atoms with E-state index in [1.54, 1.807) is 0 Å². The van der Waals surface area contributed by atoms with Gasteiger partial charge in [-0.15, -0.1) is 0 Å². The molecular weight excluding hydrogens is 335 g/mol. The van der Waals surface area contributed by atoms with Crippen molar-refractivity contribution in [3.8, 4) is 0 Å². The topological polar surface area (TPSA) is 38.9 Å². The van der Waals surface area contributed by atoms with E-state index < -0.39 is 0 Å². The van der Waals surface area contributed by atoms with Gasteiger partial charge in [0, 0.05) is 21.0 Å². The number of hydrogen-bond donors (Lipinski definition) is 1. The molecule has 0 fully saturated rings. The minimum absolute atomic E-state index is 0.0122. The van der Waals surface area contributed by atoms with Gasteiger partial charge in [0.25, 0.3) is 0 Å². The second kappa shape index (κ2) is 5.80. The highest BCUT2D eigenvalue weighted by atomic mass is 127. The van der Waals surface area contributed by atoms with E-state index in [1.807, 2.05) is 19.9 Å². The molecule has 0 saturated carbocycles. The Balaban J connectivity index is 2.16. The van der Waals surface area contributed by atoms with Gasteiger partial charge in [0.2, 0.25) is 0 Å². The van der Waals surface area contributed by atoms with Crippen molar-refractivity contribution < 1.29 is 0 Å². The van der Waals surface area contributed by atoms with Crippen LogP contribution in [0.2, 0.25) is 0 Å². The molecule has 0 bridgehead atoms. The second-order valence-corrected chi connectivity index (χ2v) is 5.81. The van der Waals surface area contributed by atoms with E-state index >= 15 is 0 Å². The van der Waals surface area contributed by atoms with Crippen LogP contribution in [0.3, 0.4) is 0 Å². The summed E-state index contributed by atoms with van der Waals surface area (Å²) in [6.45, 7) is 4.03. The SMILES string of the molecule is Cc1ccc(C(N)Cc2ccc(I)cc2)c(C)n1. The molecule has 1 aromatic carbocycles. The first-order valence-electron chi connectivity index (χ1n) is 6.00. The van der Waals surface area contributed by atoms with E-state index in [2.05, 4.69) is 57.9 Å². The third-order valence-corrected chi connectivity index (χ3v) is 3.75. The van der Waals surface area contributed by atoms with Gasteiger partial charge in [-0.2, -0.15) is 0 Å². The molecule has 0 saturated heterocycles. The predicted molar refractivity (Wildman–Crippen MR) is 83.5 cm³/mol. The maximum Gasteiger partial charge on any atom is 0.0423 e. The van der Waals surface area contributed by atoms with E-state index in [1.165, 1.54) is 9.13 Å². The maximum atomic E-state index is 6.27. The van der Waals surface area contributed by atoms with Crippen molar-refractivity contribution >= 4 is 22.6 Å². The molecular formula is C15H17IN2. The molecule has 1 heterocycles. The van der Waals surface area contributed by atoms with Crippen molar-refractivity contribution in [3.05, 3.63) is 62.5 Å². The molecule has 0 amide bonds. The number of aryl methyl sites for hydroxylation is 2. The molecule has 1 unspecified atom stereocenters. The fourth-order valence-corrected chi connectivity index (χ4v) is 2.43. The molecule has 18 heavy (non-hydrogen) atoms. The summed E-state index contributed by atoms with van der Waals surface area (Å²) in [6, 6.07) is 12.6. The molecule has 3 heteroatoms. The Morgan fingerprint density at radius 1 is 1.11 bits per heavy atom. The summed E-state index contributed by atoms with van der Waals surface area (Å²) in [4.78, 5) is 4.47. The highest BCUT2D eigenvalue weighted by Gasteiger charge is 2.10. The predicted octanol–water partition coefficient (Wildman–Crippen LogP) is 3.55. The van der Waals surface area contributed by atoms with Gasteiger partial charge >= 0.3 is 0 Å². The molecule has 2 aromatic rings. The average Bonchev–Trinajstić information content (AvgIpc) is 2.32. The molecule has 94 valence electrons. The number of pyridine rings is 1. The van der Waals surface area contributed by atoms with Crippen LogP contribution in [-0.2, 0) is 6.42 Å². The Morgan fingerprint density at radius 3 is 2.39 bits per heavy atom. The Bertz CT molecular complexity index is 535. The minimum Gasteiger partial charge on any atom is -0.324 e. The summed E-state index contributed by atoms with van der Waals surface area (Å²) < 4.78 is 1.25. The van der Waals surface area contributed by atoms with Crippen LogP contribution in [-0.4, -0.2) is 4.98 Å². The quantitative estimate of drug-likeness (QED) is 0.859. The Hall–Kier alpha value is -0.940. The van der Waals surface area contributed by atoms with Crippen LogP contribution in [0.1, 0.15) is 28.6 Å². The van der Waals surface area contributed by atoms with Gasteiger partial charge in [-0.3, -0.25) is 4.98 Å².